The molecule has 2 fully saturated rings. The highest BCUT2D eigenvalue weighted by Crippen LogP contribution is 2.23. The fourth-order valence-corrected chi connectivity index (χ4v) is 9.25. The summed E-state index contributed by atoms with van der Waals surface area (Å²) in [4.78, 5) is 196. The first-order valence-electron chi connectivity index (χ1n) is 28.0. The molecule has 0 aromatic heterocycles. The van der Waals surface area contributed by atoms with Gasteiger partial charge in [-0.05, 0) is 95.9 Å². The van der Waals surface area contributed by atoms with E-state index in [1.54, 1.807) is 27.7 Å². The van der Waals surface area contributed by atoms with Crippen molar-refractivity contribution in [2.75, 3.05) is 26.2 Å². The summed E-state index contributed by atoms with van der Waals surface area (Å²) in [7, 11) is 0. The molecule has 2 heterocycles. The third-order valence-corrected chi connectivity index (χ3v) is 13.9. The fraction of sp³-hybridized carbons (Fsp3) is 0.712. The number of carboxylic acid groups (broad SMARTS) is 5. The third-order valence-electron chi connectivity index (χ3n) is 13.9. The molecular weight excluding hydrogens is 1130 g/mol. The molecule has 18 N–H and O–H groups in total. The molecule has 0 spiro atoms. The number of nitrogens with two attached hydrogens (primary N) is 2. The second kappa shape index (κ2) is 35.9. The monoisotopic (exact) mass is 1210 g/mol. The van der Waals surface area contributed by atoms with E-state index in [0.29, 0.717) is 6.42 Å². The number of nitrogens with zero attached hydrogens (tertiary/aromatic N) is 2. The number of carbonyl (C=O) groups is 15. The lowest BCUT2D eigenvalue weighted by molar-refractivity contribution is -0.147. The van der Waals surface area contributed by atoms with Gasteiger partial charge in [0.2, 0.25) is 59.1 Å². The van der Waals surface area contributed by atoms with Gasteiger partial charge in [0.25, 0.3) is 0 Å². The van der Waals surface area contributed by atoms with Crippen LogP contribution in [0.15, 0.2) is 0 Å². The van der Waals surface area contributed by atoms with Crippen LogP contribution < -0.4 is 54.0 Å². The van der Waals surface area contributed by atoms with E-state index in [2.05, 4.69) is 37.2 Å². The minimum atomic E-state index is -1.86. The average molecular weight is 1210 g/mol. The van der Waals surface area contributed by atoms with Gasteiger partial charge in [-0.2, -0.15) is 0 Å². The van der Waals surface area contributed by atoms with Crippen LogP contribution >= 0.6 is 0 Å². The van der Waals surface area contributed by atoms with Crippen molar-refractivity contribution in [1.82, 2.24) is 52.3 Å². The number of hydrogen-bond donors (Lipinski definition) is 16. The Bertz CT molecular complexity index is 2430. The number of aliphatic hydroxyl groups excluding tert-OH is 1. The number of likely N-dealkylation sites (tertiary alicyclic amines) is 2. The normalized spacial score (nSPS) is 18.0. The minimum absolute atomic E-state index is 0.00820. The molecule has 2 rings (SSSR count). The molecule has 0 aromatic rings. The summed E-state index contributed by atoms with van der Waals surface area (Å²) in [6.07, 6.45) is -4.98. The molecule has 10 amide bonds. The van der Waals surface area contributed by atoms with Gasteiger partial charge in [-0.25, -0.2) is 4.79 Å². The fourth-order valence-electron chi connectivity index (χ4n) is 9.25. The van der Waals surface area contributed by atoms with Crippen molar-refractivity contribution in [3.8, 4) is 0 Å². The van der Waals surface area contributed by atoms with Crippen molar-refractivity contribution in [3.05, 3.63) is 0 Å². The number of nitrogens with one attached hydrogen (secondary N) is 8. The number of unbranched alkanes of at least 4 members (excludes halogenated alkanes) is 1. The number of aliphatic hydroxyl groups is 1. The molecule has 0 saturated carbocycles. The summed E-state index contributed by atoms with van der Waals surface area (Å²) in [6, 6.07) is -14.9. The molecule has 0 unspecified atom stereocenters. The predicted molar refractivity (Wildman–Crippen MR) is 293 cm³/mol. The molecule has 11 atom stereocenters. The molecule has 0 radical (unpaired) electrons. The van der Waals surface area contributed by atoms with Crippen LogP contribution in [0.2, 0.25) is 0 Å². The zero-order chi connectivity index (χ0) is 64.4. The first-order valence-corrected chi connectivity index (χ1v) is 28.0. The second-order valence-electron chi connectivity index (χ2n) is 21.7. The maximum absolute atomic E-state index is 14.6. The van der Waals surface area contributed by atoms with Crippen molar-refractivity contribution >= 4 is 88.9 Å². The van der Waals surface area contributed by atoms with Crippen molar-refractivity contribution < 1.29 is 103 Å². The highest BCUT2D eigenvalue weighted by atomic mass is 16.4. The van der Waals surface area contributed by atoms with E-state index in [1.165, 1.54) is 11.8 Å². The number of aliphatic carboxylic acids is 5. The van der Waals surface area contributed by atoms with Gasteiger partial charge in [-0.1, -0.05) is 27.7 Å². The standard InChI is InChI=1S/C52H84N12O21/c1-25(2)22-32(61-45(77)29(14-17-38(69)70)57-44(76)30(15-18-39(71)72)59-49(81)41(54)26(3)4)46(78)60-31(10-6-7-19-53)50(82)63-20-8-12-35(63)48(80)62-42(27(5)65)51(83)64-21-9-11-34(64)47(79)58-28(13-16-37(67)68)43(75)55-24-36(66)56-33(52(84)85)23-40(73)74/h25-35,41-42,65H,6-24,53-54H2,1-5H3,(H,55,75)(H,56,66)(H,57,76)(H,58,79)(H,59,81)(H,60,78)(H,61,77)(H,62,80)(H,67,68)(H,69,70)(H,71,72)(H,73,74)(H,84,85)/t27-,28+,29+,30+,31+,32+,33+,34+,35+,41+,42+/m1/s1. The van der Waals surface area contributed by atoms with Crippen LogP contribution in [0.3, 0.4) is 0 Å². The summed E-state index contributed by atoms with van der Waals surface area (Å²) >= 11 is 0. The lowest BCUT2D eigenvalue weighted by Crippen LogP contribution is -2.61. The Morgan fingerprint density at radius 2 is 0.953 bits per heavy atom. The summed E-state index contributed by atoms with van der Waals surface area (Å²) in [5.41, 5.74) is 11.7. The zero-order valence-electron chi connectivity index (χ0n) is 48.3. The van der Waals surface area contributed by atoms with Crippen molar-refractivity contribution in [1.29, 1.82) is 0 Å². The Labute approximate surface area is 489 Å². The van der Waals surface area contributed by atoms with Crippen LogP contribution in [0.25, 0.3) is 0 Å². The summed E-state index contributed by atoms with van der Waals surface area (Å²) in [5.74, 6) is -17.6. The first-order chi connectivity index (χ1) is 39.8. The maximum atomic E-state index is 14.6. The van der Waals surface area contributed by atoms with E-state index >= 15 is 0 Å². The van der Waals surface area contributed by atoms with Crippen LogP contribution in [-0.2, 0) is 71.9 Å². The van der Waals surface area contributed by atoms with Gasteiger partial charge in [0.1, 0.15) is 54.4 Å². The topological polar surface area (TPSA) is 532 Å². The van der Waals surface area contributed by atoms with E-state index in [1.807, 2.05) is 5.32 Å². The van der Waals surface area contributed by atoms with Gasteiger partial charge >= 0.3 is 29.8 Å². The van der Waals surface area contributed by atoms with Crippen LogP contribution in [0.4, 0.5) is 0 Å². The number of carboxylic acids is 5. The van der Waals surface area contributed by atoms with Gasteiger partial charge in [0.05, 0.1) is 25.1 Å². The molecule has 33 heteroatoms. The predicted octanol–water partition coefficient (Wildman–Crippen LogP) is -4.83. The highest BCUT2D eigenvalue weighted by Gasteiger charge is 2.44. The summed E-state index contributed by atoms with van der Waals surface area (Å²) in [6.45, 7) is 7.02. The molecule has 2 saturated heterocycles. The van der Waals surface area contributed by atoms with Gasteiger partial charge < -0.3 is 94.4 Å². The maximum Gasteiger partial charge on any atom is 0.326 e. The van der Waals surface area contributed by atoms with Crippen LogP contribution in [-0.4, -0.2) is 222 Å². The second-order valence-corrected chi connectivity index (χ2v) is 21.7. The lowest BCUT2D eigenvalue weighted by atomic mass is 10.00. The van der Waals surface area contributed by atoms with Crippen molar-refractivity contribution in [2.24, 2.45) is 23.3 Å². The number of rotatable bonds is 38. The van der Waals surface area contributed by atoms with Crippen molar-refractivity contribution in [3.63, 3.8) is 0 Å². The Hall–Kier alpha value is -8.07. The number of amides is 10. The Morgan fingerprint density at radius 1 is 0.506 bits per heavy atom. The molecule has 85 heavy (non-hydrogen) atoms. The van der Waals surface area contributed by atoms with Crippen molar-refractivity contribution in [2.45, 2.75) is 197 Å². The van der Waals surface area contributed by atoms with E-state index in [-0.39, 0.29) is 70.5 Å². The molecule has 33 nitrogen and oxygen atoms in total. The summed E-state index contributed by atoms with van der Waals surface area (Å²) in [5, 5.41) is 76.2. The smallest absolute Gasteiger partial charge is 0.326 e. The largest absolute Gasteiger partial charge is 0.481 e. The molecule has 0 aliphatic carbocycles. The number of hydrogen-bond acceptors (Lipinski definition) is 18. The van der Waals surface area contributed by atoms with Gasteiger partial charge in [-0.15, -0.1) is 0 Å². The molecule has 0 aromatic carbocycles. The Morgan fingerprint density at radius 3 is 1.40 bits per heavy atom. The Balaban J connectivity index is 2.36. The number of carbonyl (C=O) groups excluding carboxylic acids is 10. The first kappa shape index (κ1) is 73.0. The third kappa shape index (κ3) is 25.0. The van der Waals surface area contributed by atoms with E-state index in [4.69, 9.17) is 16.6 Å². The van der Waals surface area contributed by atoms with Gasteiger partial charge in [-0.3, -0.25) is 67.1 Å². The molecule has 2 aliphatic heterocycles. The molecule has 2 aliphatic rings. The average Bonchev–Trinajstić information content (AvgIpc) is 2.85. The highest BCUT2D eigenvalue weighted by molar-refractivity contribution is 5.99. The SMILES string of the molecule is CC(C)C[C@H](NC(=O)[C@H](CCC(=O)O)NC(=O)[C@H](CCC(=O)O)NC(=O)[C@@H](N)C(C)C)C(=O)N[C@@H](CCCCN)C(=O)N1CCC[C@H]1C(=O)N[C@H](C(=O)N1CCC[C@H]1C(=O)N[C@@H](CCC(=O)O)C(=O)NCC(=O)N[C@@H](CC(=O)O)C(=O)O)[C@@H](C)O. The van der Waals surface area contributed by atoms with Crippen LogP contribution in [0, 0.1) is 11.8 Å². The Kier molecular flexibility index (Phi) is 30.9. The van der Waals surface area contributed by atoms with E-state index < -0.39 is 213 Å². The van der Waals surface area contributed by atoms with Crippen LogP contribution in [0.5, 0.6) is 0 Å². The van der Waals surface area contributed by atoms with E-state index in [9.17, 15) is 97.5 Å². The van der Waals surface area contributed by atoms with Gasteiger partial charge in [0, 0.05) is 32.4 Å². The molecule has 0 bridgehead atoms. The molecule has 478 valence electrons. The lowest BCUT2D eigenvalue weighted by Gasteiger charge is -2.33. The minimum Gasteiger partial charge on any atom is -0.481 e. The van der Waals surface area contributed by atoms with Crippen LogP contribution in [0.1, 0.15) is 131 Å². The van der Waals surface area contributed by atoms with E-state index in [0.717, 1.165) is 4.90 Å². The van der Waals surface area contributed by atoms with Gasteiger partial charge in [0.15, 0.2) is 0 Å². The summed E-state index contributed by atoms with van der Waals surface area (Å²) < 4.78 is 0. The zero-order valence-corrected chi connectivity index (χ0v) is 48.3. The molecular formula is C52H84N12O21. The quantitative estimate of drug-likeness (QED) is 0.0258.